The van der Waals surface area contributed by atoms with Gasteiger partial charge >= 0.3 is 0 Å². The fourth-order valence-electron chi connectivity index (χ4n) is 3.08. The van der Waals surface area contributed by atoms with Gasteiger partial charge in [-0.05, 0) is 34.9 Å². The highest BCUT2D eigenvalue weighted by atomic mass is 16.1. The van der Waals surface area contributed by atoms with Crippen molar-refractivity contribution < 1.29 is 4.79 Å². The number of aryl methyl sites for hydroxylation is 1. The van der Waals surface area contributed by atoms with Gasteiger partial charge in [-0.3, -0.25) is 9.59 Å². The van der Waals surface area contributed by atoms with Crippen molar-refractivity contribution in [2.24, 2.45) is 13.0 Å². The Labute approximate surface area is 148 Å². The van der Waals surface area contributed by atoms with Crippen molar-refractivity contribution >= 4 is 17.2 Å². The summed E-state index contributed by atoms with van der Waals surface area (Å²) in [5.41, 5.74) is 1.80. The summed E-state index contributed by atoms with van der Waals surface area (Å²) in [5, 5.41) is 18.2. The summed E-state index contributed by atoms with van der Waals surface area (Å²) in [6, 6.07) is 5.00. The van der Waals surface area contributed by atoms with E-state index in [2.05, 4.69) is 30.8 Å². The summed E-state index contributed by atoms with van der Waals surface area (Å²) in [4.78, 5) is 26.2. The van der Waals surface area contributed by atoms with Crippen molar-refractivity contribution in [2.75, 3.05) is 24.5 Å². The van der Waals surface area contributed by atoms with E-state index in [1.807, 2.05) is 0 Å². The molecule has 1 saturated heterocycles. The summed E-state index contributed by atoms with van der Waals surface area (Å²) in [5.74, 6) is 0.163. The molecule has 1 aliphatic rings. The first-order chi connectivity index (χ1) is 12.6. The standard InChI is InChI=1S/C16H18N8O2/c1-22-15(25)6-13(8-18-22)23-5-4-11(9-23)7-17-16(26)12-2-3-14-19-20-21-24(14)10-12/h2-3,6,8,10-11H,4-5,7,9H2,1H3,(H,17,26). The second kappa shape index (κ2) is 6.54. The Kier molecular flexibility index (Phi) is 4.07. The number of rotatable bonds is 4. The van der Waals surface area contributed by atoms with E-state index < -0.39 is 0 Å². The molecule has 4 rings (SSSR count). The van der Waals surface area contributed by atoms with Crippen molar-refractivity contribution in [1.29, 1.82) is 0 Å². The molecular formula is C16H18N8O2. The minimum Gasteiger partial charge on any atom is -0.370 e. The van der Waals surface area contributed by atoms with Crippen molar-refractivity contribution in [3.05, 3.63) is 46.5 Å². The van der Waals surface area contributed by atoms with Gasteiger partial charge in [-0.1, -0.05) is 0 Å². The predicted molar refractivity (Wildman–Crippen MR) is 92.9 cm³/mol. The monoisotopic (exact) mass is 354 g/mol. The number of carbonyl (C=O) groups is 1. The Hall–Kier alpha value is -3.30. The molecule has 0 aromatic carbocycles. The lowest BCUT2D eigenvalue weighted by atomic mass is 10.1. The summed E-state index contributed by atoms with van der Waals surface area (Å²) < 4.78 is 2.77. The quantitative estimate of drug-likeness (QED) is 0.671. The number of aromatic nitrogens is 6. The summed E-state index contributed by atoms with van der Waals surface area (Å²) in [6.07, 6.45) is 4.25. The van der Waals surface area contributed by atoms with Gasteiger partial charge in [-0.25, -0.2) is 4.68 Å². The van der Waals surface area contributed by atoms with Crippen LogP contribution < -0.4 is 15.8 Å². The van der Waals surface area contributed by atoms with Crippen molar-refractivity contribution in [1.82, 2.24) is 35.1 Å². The molecular weight excluding hydrogens is 336 g/mol. The van der Waals surface area contributed by atoms with E-state index in [1.54, 1.807) is 37.6 Å². The van der Waals surface area contributed by atoms with Crippen LogP contribution >= 0.6 is 0 Å². The molecule has 0 spiro atoms. The molecule has 1 fully saturated rings. The van der Waals surface area contributed by atoms with Gasteiger partial charge in [0.25, 0.3) is 11.5 Å². The van der Waals surface area contributed by atoms with Crippen molar-refractivity contribution in [3.8, 4) is 0 Å². The normalized spacial score (nSPS) is 17.0. The molecule has 3 aromatic heterocycles. The number of tetrazole rings is 1. The highest BCUT2D eigenvalue weighted by Gasteiger charge is 2.24. The molecule has 1 atom stereocenters. The van der Waals surface area contributed by atoms with Crippen LogP contribution in [0.5, 0.6) is 0 Å². The number of fused-ring (bicyclic) bond motifs is 1. The molecule has 1 amide bonds. The first kappa shape index (κ1) is 16.2. The number of pyridine rings is 1. The fourth-order valence-corrected chi connectivity index (χ4v) is 3.08. The van der Waals surface area contributed by atoms with Crippen LogP contribution in [0.15, 0.2) is 35.4 Å². The fraction of sp³-hybridized carbons (Fsp3) is 0.375. The van der Waals surface area contributed by atoms with Crippen LogP contribution in [-0.2, 0) is 7.05 Å². The molecule has 0 bridgehead atoms. The maximum atomic E-state index is 12.3. The second-order valence-electron chi connectivity index (χ2n) is 6.39. The summed E-state index contributed by atoms with van der Waals surface area (Å²) in [6.45, 7) is 2.19. The van der Waals surface area contributed by atoms with Gasteiger partial charge in [0.15, 0.2) is 5.65 Å². The van der Waals surface area contributed by atoms with Gasteiger partial charge in [-0.15, -0.1) is 5.10 Å². The lowest BCUT2D eigenvalue weighted by Gasteiger charge is -2.18. The average Bonchev–Trinajstić information content (AvgIpc) is 3.30. The van der Waals surface area contributed by atoms with E-state index in [4.69, 9.17) is 0 Å². The number of nitrogens with one attached hydrogen (secondary N) is 1. The number of anilines is 1. The SMILES string of the molecule is Cn1ncc(N2CCC(CNC(=O)c3ccc4nnnn4c3)C2)cc1=O. The third-order valence-corrected chi connectivity index (χ3v) is 4.61. The third kappa shape index (κ3) is 3.13. The first-order valence-corrected chi connectivity index (χ1v) is 8.34. The zero-order valence-corrected chi connectivity index (χ0v) is 14.2. The molecule has 1 aliphatic heterocycles. The van der Waals surface area contributed by atoms with E-state index in [9.17, 15) is 9.59 Å². The third-order valence-electron chi connectivity index (χ3n) is 4.61. The molecule has 26 heavy (non-hydrogen) atoms. The van der Waals surface area contributed by atoms with Crippen LogP contribution in [0.3, 0.4) is 0 Å². The van der Waals surface area contributed by atoms with Crippen molar-refractivity contribution in [3.63, 3.8) is 0 Å². The highest BCUT2D eigenvalue weighted by molar-refractivity contribution is 5.94. The summed E-state index contributed by atoms with van der Waals surface area (Å²) >= 11 is 0. The van der Waals surface area contributed by atoms with Gasteiger partial charge in [-0.2, -0.15) is 9.61 Å². The first-order valence-electron chi connectivity index (χ1n) is 8.34. The Morgan fingerprint density at radius 3 is 3.12 bits per heavy atom. The zero-order valence-electron chi connectivity index (χ0n) is 14.2. The van der Waals surface area contributed by atoms with Gasteiger partial charge in [0, 0.05) is 38.9 Å². The van der Waals surface area contributed by atoms with E-state index in [-0.39, 0.29) is 11.5 Å². The maximum absolute atomic E-state index is 12.3. The van der Waals surface area contributed by atoms with Crippen LogP contribution in [-0.4, -0.2) is 55.4 Å². The van der Waals surface area contributed by atoms with E-state index in [1.165, 1.54) is 9.20 Å². The molecule has 0 radical (unpaired) electrons. The topological polar surface area (TPSA) is 110 Å². The molecule has 4 heterocycles. The van der Waals surface area contributed by atoms with Gasteiger partial charge in [0.2, 0.25) is 0 Å². The van der Waals surface area contributed by atoms with Crippen LogP contribution in [0.2, 0.25) is 0 Å². The van der Waals surface area contributed by atoms with Crippen LogP contribution in [0.4, 0.5) is 5.69 Å². The number of hydrogen-bond acceptors (Lipinski definition) is 7. The predicted octanol–water partition coefficient (Wildman–Crippen LogP) is -0.526. The van der Waals surface area contributed by atoms with Crippen LogP contribution in [0.25, 0.3) is 5.65 Å². The maximum Gasteiger partial charge on any atom is 0.268 e. The lowest BCUT2D eigenvalue weighted by molar-refractivity contribution is 0.0947. The Morgan fingerprint density at radius 2 is 2.27 bits per heavy atom. The number of hydrogen-bond donors (Lipinski definition) is 1. The van der Waals surface area contributed by atoms with Crippen LogP contribution in [0, 0.1) is 5.92 Å². The second-order valence-corrected chi connectivity index (χ2v) is 6.39. The minimum atomic E-state index is -0.156. The Balaban J connectivity index is 1.35. The number of amides is 1. The average molecular weight is 354 g/mol. The highest BCUT2D eigenvalue weighted by Crippen LogP contribution is 2.21. The van der Waals surface area contributed by atoms with Gasteiger partial charge in [0.1, 0.15) is 0 Å². The molecule has 10 nitrogen and oxygen atoms in total. The molecule has 1 N–H and O–H groups in total. The zero-order chi connectivity index (χ0) is 18.1. The molecule has 3 aromatic rings. The van der Waals surface area contributed by atoms with Gasteiger partial charge in [0.05, 0.1) is 17.4 Å². The molecule has 0 saturated carbocycles. The number of carbonyl (C=O) groups excluding carboxylic acids is 1. The minimum absolute atomic E-state index is 0.128. The number of nitrogens with zero attached hydrogens (tertiary/aromatic N) is 7. The molecule has 1 unspecified atom stereocenters. The summed E-state index contributed by atoms with van der Waals surface area (Å²) in [7, 11) is 1.63. The smallest absolute Gasteiger partial charge is 0.268 e. The molecule has 10 heteroatoms. The Morgan fingerprint density at radius 1 is 1.38 bits per heavy atom. The van der Waals surface area contributed by atoms with E-state index in [0.717, 1.165) is 25.2 Å². The molecule has 134 valence electrons. The van der Waals surface area contributed by atoms with Crippen LogP contribution in [0.1, 0.15) is 16.8 Å². The lowest BCUT2D eigenvalue weighted by Crippen LogP contribution is -2.31. The van der Waals surface area contributed by atoms with Gasteiger partial charge < -0.3 is 10.2 Å². The van der Waals surface area contributed by atoms with E-state index >= 15 is 0 Å². The largest absolute Gasteiger partial charge is 0.370 e. The Bertz CT molecular complexity index is 1010. The van der Waals surface area contributed by atoms with Crippen molar-refractivity contribution in [2.45, 2.75) is 6.42 Å². The molecule has 0 aliphatic carbocycles. The van der Waals surface area contributed by atoms with E-state index in [0.29, 0.717) is 23.7 Å².